The van der Waals surface area contributed by atoms with E-state index in [1.54, 1.807) is 24.3 Å². The zero-order chi connectivity index (χ0) is 18.9. The average molecular weight is 378 g/mol. The predicted molar refractivity (Wildman–Crippen MR) is 104 cm³/mol. The largest absolute Gasteiger partial charge is 0.337 e. The number of nitrogens with one attached hydrogen (secondary N) is 1. The molecule has 0 aliphatic rings. The maximum atomic E-state index is 13.3. The van der Waals surface area contributed by atoms with Crippen LogP contribution in [0.2, 0.25) is 0 Å². The van der Waals surface area contributed by atoms with E-state index in [9.17, 15) is 12.8 Å². The highest BCUT2D eigenvalue weighted by molar-refractivity contribution is 8.00. The molecule has 134 valence electrons. The van der Waals surface area contributed by atoms with Gasteiger partial charge >= 0.3 is 0 Å². The lowest BCUT2D eigenvalue weighted by Crippen LogP contribution is -2.05. The van der Waals surface area contributed by atoms with E-state index in [0.29, 0.717) is 11.1 Å². The molecule has 1 N–H and O–H groups in total. The van der Waals surface area contributed by atoms with E-state index in [0.717, 1.165) is 5.52 Å². The fourth-order valence-corrected chi connectivity index (χ4v) is 4.19. The quantitative estimate of drug-likeness (QED) is 0.561. The number of H-pyrrole nitrogens is 1. The van der Waals surface area contributed by atoms with E-state index in [-0.39, 0.29) is 21.4 Å². The number of fused-ring (bicyclic) bond motifs is 1. The van der Waals surface area contributed by atoms with Crippen molar-refractivity contribution in [2.75, 3.05) is 0 Å². The molecule has 0 saturated carbocycles. The zero-order valence-electron chi connectivity index (χ0n) is 14.1. The maximum Gasteiger partial charge on any atom is 0.210 e. The van der Waals surface area contributed by atoms with E-state index in [2.05, 4.69) is 9.97 Å². The summed E-state index contributed by atoms with van der Waals surface area (Å²) in [6, 6.07) is 21.1. The highest BCUT2D eigenvalue weighted by atomic mass is 32.2. The number of para-hydroxylation sites is 2. The molecule has 4 nitrogen and oxygen atoms in total. The van der Waals surface area contributed by atoms with Crippen molar-refractivity contribution < 1.29 is 12.8 Å². The van der Waals surface area contributed by atoms with Crippen molar-refractivity contribution in [2.45, 2.75) is 4.90 Å². The van der Waals surface area contributed by atoms with Crippen LogP contribution in [0.1, 0.15) is 11.4 Å². The first-order valence-electron chi connectivity index (χ1n) is 8.26. The van der Waals surface area contributed by atoms with E-state index in [1.807, 2.05) is 18.2 Å². The number of aromatic nitrogens is 2. The molecular weight excluding hydrogens is 363 g/mol. The summed E-state index contributed by atoms with van der Waals surface area (Å²) in [7, 11) is -3.84. The Morgan fingerprint density at radius 2 is 1.56 bits per heavy atom. The van der Waals surface area contributed by atoms with Crippen LogP contribution < -0.4 is 0 Å². The summed E-state index contributed by atoms with van der Waals surface area (Å²) in [5, 5.41) is 0. The molecule has 3 aromatic carbocycles. The van der Waals surface area contributed by atoms with Crippen molar-refractivity contribution >= 4 is 31.9 Å². The summed E-state index contributed by atoms with van der Waals surface area (Å²) in [6.45, 7) is 0. The number of aromatic amines is 1. The van der Waals surface area contributed by atoms with Gasteiger partial charge in [-0.1, -0.05) is 42.5 Å². The van der Waals surface area contributed by atoms with Crippen LogP contribution in [0.25, 0.3) is 22.0 Å². The molecule has 0 spiro atoms. The molecule has 0 bridgehead atoms. The molecule has 4 rings (SSSR count). The van der Waals surface area contributed by atoms with Gasteiger partial charge in [-0.15, -0.1) is 0 Å². The van der Waals surface area contributed by atoms with Crippen LogP contribution >= 0.6 is 0 Å². The standard InChI is InChI=1S/C21H15FN2O2S/c22-16-12-10-15(11-13-16)14-20(27(25,26)17-6-2-1-3-7-17)21-23-18-8-4-5-9-19(18)24-21/h1-14H,(H,23,24). The second-order valence-electron chi connectivity index (χ2n) is 5.98. The van der Waals surface area contributed by atoms with Gasteiger partial charge in [-0.05, 0) is 48.0 Å². The summed E-state index contributed by atoms with van der Waals surface area (Å²) in [5.74, 6) is -0.146. The van der Waals surface area contributed by atoms with E-state index < -0.39 is 9.84 Å². The summed E-state index contributed by atoms with van der Waals surface area (Å²) >= 11 is 0. The molecule has 0 radical (unpaired) electrons. The number of halogens is 1. The minimum Gasteiger partial charge on any atom is -0.337 e. The number of hydrogen-bond acceptors (Lipinski definition) is 3. The molecule has 0 saturated heterocycles. The van der Waals surface area contributed by atoms with Crippen LogP contribution in [0.3, 0.4) is 0 Å². The Kier molecular flexibility index (Phi) is 4.33. The van der Waals surface area contributed by atoms with Crippen molar-refractivity contribution in [1.82, 2.24) is 9.97 Å². The van der Waals surface area contributed by atoms with Crippen molar-refractivity contribution in [3.05, 3.63) is 96.1 Å². The summed E-state index contributed by atoms with van der Waals surface area (Å²) < 4.78 is 39.8. The SMILES string of the molecule is O=S(=O)(C(=Cc1ccc(F)cc1)c1nc2ccccc2[nH]1)c1ccccc1. The molecule has 0 atom stereocenters. The summed E-state index contributed by atoms with van der Waals surface area (Å²) in [6.07, 6.45) is 1.50. The molecule has 27 heavy (non-hydrogen) atoms. The first-order chi connectivity index (χ1) is 13.0. The minimum atomic E-state index is -3.84. The van der Waals surface area contributed by atoms with Crippen molar-refractivity contribution in [2.24, 2.45) is 0 Å². The van der Waals surface area contributed by atoms with Gasteiger partial charge in [0.2, 0.25) is 9.84 Å². The maximum absolute atomic E-state index is 13.3. The van der Waals surface area contributed by atoms with E-state index in [1.165, 1.54) is 42.5 Å². The van der Waals surface area contributed by atoms with Gasteiger partial charge in [0.15, 0.2) is 0 Å². The third-order valence-electron chi connectivity index (χ3n) is 4.13. The van der Waals surface area contributed by atoms with Crippen molar-refractivity contribution in [3.63, 3.8) is 0 Å². The van der Waals surface area contributed by atoms with Gasteiger partial charge in [0, 0.05) is 0 Å². The van der Waals surface area contributed by atoms with Crippen LogP contribution in [-0.4, -0.2) is 18.4 Å². The van der Waals surface area contributed by atoms with Gasteiger partial charge in [-0.3, -0.25) is 0 Å². The Labute approximate surface area is 155 Å². The molecular formula is C21H15FN2O2S. The highest BCUT2D eigenvalue weighted by Crippen LogP contribution is 2.29. The van der Waals surface area contributed by atoms with Crippen LogP contribution in [0.15, 0.2) is 83.8 Å². The number of rotatable bonds is 4. The fraction of sp³-hybridized carbons (Fsp3) is 0. The Morgan fingerprint density at radius 3 is 2.26 bits per heavy atom. The third-order valence-corrected chi connectivity index (χ3v) is 5.92. The Bertz CT molecular complexity index is 1200. The van der Waals surface area contributed by atoms with Crippen LogP contribution in [0.5, 0.6) is 0 Å². The molecule has 6 heteroatoms. The van der Waals surface area contributed by atoms with Crippen LogP contribution in [0.4, 0.5) is 4.39 Å². The lowest BCUT2D eigenvalue weighted by Gasteiger charge is -2.08. The highest BCUT2D eigenvalue weighted by Gasteiger charge is 2.25. The number of imidazole rings is 1. The first kappa shape index (κ1) is 17.2. The summed E-state index contributed by atoms with van der Waals surface area (Å²) in [5.41, 5.74) is 1.97. The molecule has 1 heterocycles. The topological polar surface area (TPSA) is 62.8 Å². The van der Waals surface area contributed by atoms with Gasteiger partial charge in [-0.25, -0.2) is 17.8 Å². The molecule has 4 aromatic rings. The van der Waals surface area contributed by atoms with E-state index in [4.69, 9.17) is 0 Å². The third kappa shape index (κ3) is 3.39. The molecule has 0 aliphatic heterocycles. The Hall–Kier alpha value is -3.25. The lowest BCUT2D eigenvalue weighted by molar-refractivity contribution is 0.606. The monoisotopic (exact) mass is 378 g/mol. The van der Waals surface area contributed by atoms with E-state index >= 15 is 0 Å². The number of nitrogens with zero attached hydrogens (tertiary/aromatic N) is 1. The van der Waals surface area contributed by atoms with Gasteiger partial charge in [-0.2, -0.15) is 0 Å². The normalized spacial score (nSPS) is 12.4. The van der Waals surface area contributed by atoms with Crippen LogP contribution in [-0.2, 0) is 9.84 Å². The molecule has 0 fully saturated rings. The smallest absolute Gasteiger partial charge is 0.210 e. The molecule has 0 aliphatic carbocycles. The fourth-order valence-electron chi connectivity index (χ4n) is 2.78. The lowest BCUT2D eigenvalue weighted by atomic mass is 10.2. The molecule has 1 aromatic heterocycles. The Morgan fingerprint density at radius 1 is 0.889 bits per heavy atom. The second-order valence-corrected chi connectivity index (χ2v) is 7.90. The zero-order valence-corrected chi connectivity index (χ0v) is 14.9. The van der Waals surface area contributed by atoms with Gasteiger partial charge in [0.05, 0.1) is 15.9 Å². The second kappa shape index (κ2) is 6.81. The van der Waals surface area contributed by atoms with Gasteiger partial charge in [0.25, 0.3) is 0 Å². The summed E-state index contributed by atoms with van der Waals surface area (Å²) in [4.78, 5) is 7.70. The molecule has 0 unspecified atom stereocenters. The molecule has 0 amide bonds. The number of hydrogen-bond donors (Lipinski definition) is 1. The van der Waals surface area contributed by atoms with Crippen molar-refractivity contribution in [1.29, 1.82) is 0 Å². The van der Waals surface area contributed by atoms with Crippen molar-refractivity contribution in [3.8, 4) is 0 Å². The van der Waals surface area contributed by atoms with Crippen LogP contribution in [0, 0.1) is 5.82 Å². The predicted octanol–water partition coefficient (Wildman–Crippen LogP) is 4.67. The number of sulfone groups is 1. The first-order valence-corrected chi connectivity index (χ1v) is 9.75. The Balaban J connectivity index is 1.93. The average Bonchev–Trinajstić information content (AvgIpc) is 3.11. The van der Waals surface area contributed by atoms with Gasteiger partial charge in [0.1, 0.15) is 16.5 Å². The minimum absolute atomic E-state index is 0.0245. The number of benzene rings is 3. The van der Waals surface area contributed by atoms with Gasteiger partial charge < -0.3 is 4.98 Å².